The fraction of sp³-hybridized carbons (Fsp3) is 0.667. The van der Waals surface area contributed by atoms with Crippen LogP contribution in [0.4, 0.5) is 4.79 Å². The van der Waals surface area contributed by atoms with Crippen molar-refractivity contribution in [1.82, 2.24) is 25.0 Å². The third kappa shape index (κ3) is 5.32. The number of carbonyl (C=O) groups excluding carboxylic acids is 2. The predicted molar refractivity (Wildman–Crippen MR) is 139 cm³/mol. The maximum absolute atomic E-state index is 13.6. The Morgan fingerprint density at radius 2 is 1.80 bits per heavy atom. The van der Waals surface area contributed by atoms with Crippen molar-refractivity contribution < 1.29 is 9.59 Å². The van der Waals surface area contributed by atoms with Gasteiger partial charge < -0.3 is 20.1 Å². The number of hydrogen-bond donors (Lipinski definition) is 1. The van der Waals surface area contributed by atoms with Gasteiger partial charge in [-0.2, -0.15) is 5.10 Å². The Labute approximate surface area is 210 Å². The van der Waals surface area contributed by atoms with Gasteiger partial charge in [-0.25, -0.2) is 4.79 Å². The van der Waals surface area contributed by atoms with Gasteiger partial charge in [-0.15, -0.1) is 0 Å². The van der Waals surface area contributed by atoms with Crippen LogP contribution in [0.1, 0.15) is 50.5 Å². The van der Waals surface area contributed by atoms with Crippen LogP contribution in [0.5, 0.6) is 0 Å². The summed E-state index contributed by atoms with van der Waals surface area (Å²) in [4.78, 5) is 32.5. The third-order valence-electron chi connectivity index (χ3n) is 8.44. The van der Waals surface area contributed by atoms with Crippen molar-refractivity contribution in [3.05, 3.63) is 35.9 Å². The second-order valence-electron chi connectivity index (χ2n) is 11.0. The number of hydrogen-bond acceptors (Lipinski definition) is 5. The van der Waals surface area contributed by atoms with Crippen molar-refractivity contribution in [2.24, 2.45) is 11.0 Å². The summed E-state index contributed by atoms with van der Waals surface area (Å²) in [6.45, 7) is 1.93. The second-order valence-corrected chi connectivity index (χ2v) is 11.0. The minimum Gasteiger partial charge on any atom is -0.349 e. The number of urea groups is 1. The minimum absolute atomic E-state index is 0.0196. The summed E-state index contributed by atoms with van der Waals surface area (Å²) < 4.78 is 0. The van der Waals surface area contributed by atoms with E-state index in [4.69, 9.17) is 0 Å². The highest BCUT2D eigenvalue weighted by atomic mass is 16.2. The van der Waals surface area contributed by atoms with Gasteiger partial charge in [-0.05, 0) is 64.1 Å². The van der Waals surface area contributed by atoms with Crippen molar-refractivity contribution in [3.8, 4) is 0 Å². The molecule has 1 aromatic carbocycles. The van der Waals surface area contributed by atoms with Crippen LogP contribution in [-0.4, -0.2) is 97.8 Å². The van der Waals surface area contributed by atoms with Gasteiger partial charge in [0, 0.05) is 38.9 Å². The van der Waals surface area contributed by atoms with E-state index in [9.17, 15) is 9.59 Å². The first-order valence-electron chi connectivity index (χ1n) is 13.0. The molecule has 8 nitrogen and oxygen atoms in total. The van der Waals surface area contributed by atoms with E-state index in [0.29, 0.717) is 19.0 Å². The SMILES string of the molecule is CN(C)/N=C/CNC(=O)CN1CC2(CCC(c3ccccc3)(N(C)C)CC2)N(CC2CCC2)C1=O. The van der Waals surface area contributed by atoms with Crippen LogP contribution in [0.3, 0.4) is 0 Å². The Bertz CT molecular complexity index is 904. The standard InChI is InChI=1S/C27H42N6O2/c1-30(2)27(23-11-6-5-7-12-23)15-13-26(14-16-27)21-32(20-24(34)28-17-18-29-31(3)4)25(35)33(26)19-22-9-8-10-22/h5-7,11-12,18,22H,8-10,13-17,19-21H2,1-4H3,(H,28,34)/b29-18+. The van der Waals surface area contributed by atoms with Gasteiger partial charge in [0.2, 0.25) is 5.91 Å². The Kier molecular flexibility index (Phi) is 7.69. The normalized spacial score (nSPS) is 27.2. The Morgan fingerprint density at radius 3 is 2.37 bits per heavy atom. The molecular weight excluding hydrogens is 440 g/mol. The highest BCUT2D eigenvalue weighted by Gasteiger charge is 2.55. The Balaban J connectivity index is 1.48. The van der Waals surface area contributed by atoms with Gasteiger partial charge in [0.15, 0.2) is 0 Å². The van der Waals surface area contributed by atoms with Crippen LogP contribution >= 0.6 is 0 Å². The first-order valence-corrected chi connectivity index (χ1v) is 13.0. The summed E-state index contributed by atoms with van der Waals surface area (Å²) in [6.07, 6.45) is 9.24. The first-order chi connectivity index (χ1) is 16.8. The van der Waals surface area contributed by atoms with Crippen molar-refractivity contribution in [3.63, 3.8) is 0 Å². The molecule has 1 N–H and O–H groups in total. The molecule has 1 aromatic rings. The lowest BCUT2D eigenvalue weighted by molar-refractivity contribution is -0.121. The van der Waals surface area contributed by atoms with E-state index in [1.54, 1.807) is 16.1 Å². The van der Waals surface area contributed by atoms with Crippen molar-refractivity contribution in [1.29, 1.82) is 0 Å². The van der Waals surface area contributed by atoms with E-state index in [2.05, 4.69) is 64.6 Å². The molecule has 1 spiro atoms. The topological polar surface area (TPSA) is 71.5 Å². The molecule has 4 rings (SSSR count). The van der Waals surface area contributed by atoms with Gasteiger partial charge in [0.25, 0.3) is 0 Å². The number of nitrogens with one attached hydrogen (secondary N) is 1. The summed E-state index contributed by atoms with van der Waals surface area (Å²) >= 11 is 0. The molecule has 3 aliphatic rings. The number of benzene rings is 1. The summed E-state index contributed by atoms with van der Waals surface area (Å²) in [6, 6.07) is 10.8. The van der Waals surface area contributed by atoms with Crippen LogP contribution in [-0.2, 0) is 10.3 Å². The molecule has 0 atom stereocenters. The van der Waals surface area contributed by atoms with E-state index in [0.717, 1.165) is 32.2 Å². The number of hydrazone groups is 1. The molecule has 192 valence electrons. The smallest absolute Gasteiger partial charge is 0.321 e. The molecule has 0 bridgehead atoms. The Morgan fingerprint density at radius 1 is 1.11 bits per heavy atom. The van der Waals surface area contributed by atoms with Gasteiger partial charge in [-0.3, -0.25) is 9.69 Å². The predicted octanol–water partition coefficient (Wildman–Crippen LogP) is 2.96. The maximum Gasteiger partial charge on any atom is 0.321 e. The average Bonchev–Trinajstić information content (AvgIpc) is 3.05. The van der Waals surface area contributed by atoms with Crippen LogP contribution in [0.2, 0.25) is 0 Å². The molecule has 2 saturated carbocycles. The minimum atomic E-state index is -0.187. The van der Waals surface area contributed by atoms with Gasteiger partial charge in [0.1, 0.15) is 6.54 Å². The molecule has 1 saturated heterocycles. The summed E-state index contributed by atoms with van der Waals surface area (Å²) in [5, 5.41) is 8.68. The van der Waals surface area contributed by atoms with E-state index in [-0.39, 0.29) is 29.6 Å². The molecule has 1 heterocycles. The Hall–Kier alpha value is -2.61. The van der Waals surface area contributed by atoms with Crippen molar-refractivity contribution in [2.45, 2.75) is 56.0 Å². The van der Waals surface area contributed by atoms with E-state index >= 15 is 0 Å². The third-order valence-corrected chi connectivity index (χ3v) is 8.44. The molecule has 1 aliphatic heterocycles. The summed E-state index contributed by atoms with van der Waals surface area (Å²) in [7, 11) is 8.02. The average molecular weight is 483 g/mol. The highest BCUT2D eigenvalue weighted by molar-refractivity contribution is 5.87. The van der Waals surface area contributed by atoms with Gasteiger partial charge in [0.05, 0.1) is 12.1 Å². The second kappa shape index (κ2) is 10.6. The molecule has 0 radical (unpaired) electrons. The quantitative estimate of drug-likeness (QED) is 0.434. The first kappa shape index (κ1) is 25.5. The van der Waals surface area contributed by atoms with Crippen LogP contribution in [0, 0.1) is 5.92 Å². The number of nitrogens with zero attached hydrogens (tertiary/aromatic N) is 5. The number of carbonyl (C=O) groups is 2. The summed E-state index contributed by atoms with van der Waals surface area (Å²) in [5.41, 5.74) is 1.15. The number of amides is 3. The number of rotatable bonds is 9. The fourth-order valence-corrected chi connectivity index (χ4v) is 6.10. The molecule has 0 unspecified atom stereocenters. The molecule has 3 amide bonds. The zero-order valence-corrected chi connectivity index (χ0v) is 21.9. The highest BCUT2D eigenvalue weighted by Crippen LogP contribution is 2.49. The fourth-order valence-electron chi connectivity index (χ4n) is 6.10. The molecular formula is C27H42N6O2. The van der Waals surface area contributed by atoms with Crippen molar-refractivity contribution in [2.75, 3.05) is 54.4 Å². The maximum atomic E-state index is 13.6. The summed E-state index contributed by atoms with van der Waals surface area (Å²) in [5.74, 6) is 0.466. The lowest BCUT2D eigenvalue weighted by atomic mass is 9.68. The lowest BCUT2D eigenvalue weighted by Gasteiger charge is -2.51. The molecule has 8 heteroatoms. The molecule has 3 fully saturated rings. The van der Waals surface area contributed by atoms with Crippen LogP contribution in [0.15, 0.2) is 35.4 Å². The molecule has 2 aliphatic carbocycles. The van der Waals surface area contributed by atoms with Crippen LogP contribution < -0.4 is 5.32 Å². The lowest BCUT2D eigenvalue weighted by Crippen LogP contribution is -2.56. The zero-order valence-electron chi connectivity index (χ0n) is 21.9. The zero-order chi connectivity index (χ0) is 25.1. The largest absolute Gasteiger partial charge is 0.349 e. The van der Waals surface area contributed by atoms with E-state index in [1.165, 1.54) is 24.8 Å². The van der Waals surface area contributed by atoms with Crippen molar-refractivity contribution >= 4 is 18.2 Å². The molecule has 0 aromatic heterocycles. The molecule has 35 heavy (non-hydrogen) atoms. The van der Waals surface area contributed by atoms with Gasteiger partial charge in [-0.1, -0.05) is 36.8 Å². The monoisotopic (exact) mass is 482 g/mol. The van der Waals surface area contributed by atoms with E-state index in [1.807, 2.05) is 14.1 Å². The van der Waals surface area contributed by atoms with Gasteiger partial charge >= 0.3 is 6.03 Å². The van der Waals surface area contributed by atoms with E-state index < -0.39 is 0 Å². The van der Waals surface area contributed by atoms with Crippen LogP contribution in [0.25, 0.3) is 0 Å².